The molecular weight excluding hydrogens is 381 g/mol. The summed E-state index contributed by atoms with van der Waals surface area (Å²) in [6, 6.07) is 3.80. The van der Waals surface area contributed by atoms with Gasteiger partial charge in [0.05, 0.1) is 33.9 Å². The second kappa shape index (κ2) is 10.8. The minimum atomic E-state index is -4.20. The molecule has 2 heterocycles. The number of hydrogen-bond donors (Lipinski definition) is 0. The average molecular weight is 411 g/mol. The van der Waals surface area contributed by atoms with Gasteiger partial charge >= 0.3 is 0 Å². The van der Waals surface area contributed by atoms with E-state index >= 15 is 0 Å². The minimum absolute atomic E-state index is 0.129. The van der Waals surface area contributed by atoms with Crippen LogP contribution < -0.4 is 4.89 Å². The molecule has 2 aromatic rings. The molecule has 2 aromatic heterocycles. The molecule has 10 heteroatoms. The summed E-state index contributed by atoms with van der Waals surface area (Å²) in [4.78, 5) is 15.7. The third-order valence-corrected chi connectivity index (χ3v) is 5.05. The highest BCUT2D eigenvalue weighted by atomic mass is 31.2. The molecule has 0 fully saturated rings. The van der Waals surface area contributed by atoms with E-state index in [2.05, 4.69) is 15.3 Å². The van der Waals surface area contributed by atoms with E-state index in [-0.39, 0.29) is 13.2 Å². The van der Waals surface area contributed by atoms with Gasteiger partial charge in [-0.3, -0.25) is 14.2 Å². The number of nitrogens with zero attached hydrogens (tertiary/aromatic N) is 5. The lowest BCUT2D eigenvalue weighted by atomic mass is 10.2. The molecule has 0 amide bonds. The summed E-state index contributed by atoms with van der Waals surface area (Å²) in [6.45, 7) is 1.65. The van der Waals surface area contributed by atoms with E-state index < -0.39 is 7.82 Å². The fourth-order valence-corrected chi connectivity index (χ4v) is 3.16. The highest BCUT2D eigenvalue weighted by Gasteiger charge is 2.13. The van der Waals surface area contributed by atoms with Gasteiger partial charge in [0.1, 0.15) is 18.8 Å². The molecule has 0 aliphatic heterocycles. The van der Waals surface area contributed by atoms with Crippen LogP contribution in [0.15, 0.2) is 30.7 Å². The average Bonchev–Trinajstić information content (AvgIpc) is 3.09. The quantitative estimate of drug-likeness (QED) is 0.283. The van der Waals surface area contributed by atoms with Crippen molar-refractivity contribution in [1.29, 1.82) is 0 Å². The van der Waals surface area contributed by atoms with Crippen LogP contribution in [-0.2, 0) is 20.2 Å². The van der Waals surface area contributed by atoms with Crippen molar-refractivity contribution in [2.45, 2.75) is 32.2 Å². The van der Waals surface area contributed by atoms with Crippen molar-refractivity contribution in [2.75, 3.05) is 40.9 Å². The molecule has 156 valence electrons. The highest BCUT2D eigenvalue weighted by molar-refractivity contribution is 7.45. The Labute approximate surface area is 166 Å². The van der Waals surface area contributed by atoms with Gasteiger partial charge in [-0.05, 0) is 25.0 Å². The van der Waals surface area contributed by atoms with Crippen LogP contribution in [0.5, 0.6) is 0 Å². The molecular formula is C18H30N5O4P. The number of likely N-dealkylation sites (N-methyl/N-ethyl adjacent to an activating group) is 1. The van der Waals surface area contributed by atoms with Crippen molar-refractivity contribution >= 4 is 7.82 Å². The van der Waals surface area contributed by atoms with Gasteiger partial charge < -0.3 is 18.4 Å². The van der Waals surface area contributed by atoms with Gasteiger partial charge in [-0.2, -0.15) is 0 Å². The van der Waals surface area contributed by atoms with Gasteiger partial charge in [-0.25, -0.2) is 0 Å². The lowest BCUT2D eigenvalue weighted by Gasteiger charge is -2.27. The number of phosphoric acid groups is 1. The predicted molar refractivity (Wildman–Crippen MR) is 104 cm³/mol. The van der Waals surface area contributed by atoms with E-state index in [4.69, 9.17) is 9.05 Å². The normalized spacial score (nSPS) is 14.1. The molecule has 1 unspecified atom stereocenters. The third kappa shape index (κ3) is 9.03. The van der Waals surface area contributed by atoms with Crippen LogP contribution >= 0.6 is 7.82 Å². The first kappa shape index (κ1) is 22.6. The third-order valence-electron chi connectivity index (χ3n) is 4.06. The first-order valence-corrected chi connectivity index (χ1v) is 10.9. The SMILES string of the molecule is C[N+](C)(C)CCOP(=O)([O-])OCCCCCCn1cc(-c2ccncc2)nn1. The molecule has 0 saturated carbocycles. The van der Waals surface area contributed by atoms with E-state index in [0.29, 0.717) is 17.4 Å². The molecule has 0 bridgehead atoms. The maximum absolute atomic E-state index is 11.7. The molecule has 0 aromatic carbocycles. The van der Waals surface area contributed by atoms with Gasteiger partial charge in [0.2, 0.25) is 0 Å². The van der Waals surface area contributed by atoms with Gasteiger partial charge in [0.15, 0.2) is 0 Å². The Bertz CT molecular complexity index is 748. The highest BCUT2D eigenvalue weighted by Crippen LogP contribution is 2.38. The molecule has 0 aliphatic rings. The number of aromatic nitrogens is 4. The number of hydrogen-bond acceptors (Lipinski definition) is 7. The summed E-state index contributed by atoms with van der Waals surface area (Å²) in [5.41, 5.74) is 1.82. The molecule has 0 N–H and O–H groups in total. The van der Waals surface area contributed by atoms with Crippen molar-refractivity contribution in [3.8, 4) is 11.3 Å². The number of pyridine rings is 1. The lowest BCUT2D eigenvalue weighted by molar-refractivity contribution is -0.870. The van der Waals surface area contributed by atoms with Crippen LogP contribution in [0.4, 0.5) is 0 Å². The Morgan fingerprint density at radius 2 is 1.75 bits per heavy atom. The number of quaternary nitrogens is 1. The molecule has 0 spiro atoms. The Morgan fingerprint density at radius 3 is 2.46 bits per heavy atom. The summed E-state index contributed by atoms with van der Waals surface area (Å²) < 4.78 is 23.9. The number of aryl methyl sites for hydroxylation is 1. The van der Waals surface area contributed by atoms with Gasteiger partial charge in [-0.15, -0.1) is 5.10 Å². The zero-order valence-corrected chi connectivity index (χ0v) is 17.8. The molecule has 0 aliphatic carbocycles. The standard InChI is InChI=1S/C18H30N5O4P/c1-23(2,3)13-15-27-28(24,25)26-14-7-5-4-6-12-22-16-18(20-21-22)17-8-10-19-11-9-17/h8-11,16H,4-7,12-15H2,1-3H3. The Kier molecular flexibility index (Phi) is 8.72. The van der Waals surface area contributed by atoms with Crippen LogP contribution in [0.3, 0.4) is 0 Å². The van der Waals surface area contributed by atoms with Crippen LogP contribution in [0.2, 0.25) is 0 Å². The molecule has 1 atom stereocenters. The molecule has 0 saturated heterocycles. The number of unbranched alkanes of at least 4 members (excludes halogenated alkanes) is 3. The van der Waals surface area contributed by atoms with Crippen LogP contribution in [-0.4, -0.2) is 65.4 Å². The van der Waals surface area contributed by atoms with E-state index in [0.717, 1.165) is 37.1 Å². The maximum Gasteiger partial charge on any atom is 0.268 e. The maximum atomic E-state index is 11.7. The lowest BCUT2D eigenvalue weighted by Crippen LogP contribution is -2.37. The first-order valence-electron chi connectivity index (χ1n) is 9.46. The van der Waals surface area contributed by atoms with Crippen LogP contribution in [0, 0.1) is 0 Å². The monoisotopic (exact) mass is 411 g/mol. The van der Waals surface area contributed by atoms with Crippen molar-refractivity contribution in [1.82, 2.24) is 20.0 Å². The van der Waals surface area contributed by atoms with Crippen LogP contribution in [0.1, 0.15) is 25.7 Å². The summed E-state index contributed by atoms with van der Waals surface area (Å²) in [7, 11) is 1.72. The van der Waals surface area contributed by atoms with E-state index in [1.807, 2.05) is 44.2 Å². The summed E-state index contributed by atoms with van der Waals surface area (Å²) >= 11 is 0. The van der Waals surface area contributed by atoms with Crippen LogP contribution in [0.25, 0.3) is 11.3 Å². The zero-order chi connectivity index (χ0) is 20.5. The fourth-order valence-electron chi connectivity index (χ4n) is 2.43. The first-order chi connectivity index (χ1) is 13.3. The number of phosphoric ester groups is 1. The Hall–Kier alpha value is -1.64. The second-order valence-corrected chi connectivity index (χ2v) is 9.06. The van der Waals surface area contributed by atoms with Crippen molar-refractivity contribution in [3.05, 3.63) is 30.7 Å². The van der Waals surface area contributed by atoms with Gasteiger partial charge in [-0.1, -0.05) is 18.1 Å². The van der Waals surface area contributed by atoms with Crippen molar-refractivity contribution in [3.63, 3.8) is 0 Å². The summed E-state index contributed by atoms with van der Waals surface area (Å²) in [5, 5.41) is 8.30. The van der Waals surface area contributed by atoms with Crippen molar-refractivity contribution in [2.24, 2.45) is 0 Å². The molecule has 9 nitrogen and oxygen atoms in total. The Morgan fingerprint density at radius 1 is 1.07 bits per heavy atom. The molecule has 28 heavy (non-hydrogen) atoms. The minimum Gasteiger partial charge on any atom is -0.756 e. The topological polar surface area (TPSA) is 102 Å². The smallest absolute Gasteiger partial charge is 0.268 e. The number of rotatable bonds is 13. The molecule has 2 rings (SSSR count). The van der Waals surface area contributed by atoms with Crippen molar-refractivity contribution < 1.29 is 23.0 Å². The largest absolute Gasteiger partial charge is 0.756 e. The predicted octanol–water partition coefficient (Wildman–Crippen LogP) is 2.11. The summed E-state index contributed by atoms with van der Waals surface area (Å²) in [5.74, 6) is 0. The van der Waals surface area contributed by atoms with E-state index in [1.165, 1.54) is 0 Å². The molecule has 0 radical (unpaired) electrons. The van der Waals surface area contributed by atoms with E-state index in [9.17, 15) is 9.46 Å². The Balaban J connectivity index is 1.55. The van der Waals surface area contributed by atoms with E-state index in [1.54, 1.807) is 12.4 Å². The summed E-state index contributed by atoms with van der Waals surface area (Å²) in [6.07, 6.45) is 8.82. The van der Waals surface area contributed by atoms with Gasteiger partial charge in [0.25, 0.3) is 7.82 Å². The fraction of sp³-hybridized carbons (Fsp3) is 0.611. The second-order valence-electron chi connectivity index (χ2n) is 7.64. The zero-order valence-electron chi connectivity index (χ0n) is 16.9. The van der Waals surface area contributed by atoms with Gasteiger partial charge in [0, 0.05) is 24.5 Å².